The van der Waals surface area contributed by atoms with Gasteiger partial charge in [0.25, 0.3) is 0 Å². The van der Waals surface area contributed by atoms with Crippen LogP contribution in [0.1, 0.15) is 31.1 Å². The minimum absolute atomic E-state index is 0.235. The van der Waals surface area contributed by atoms with E-state index in [1.807, 2.05) is 0 Å². The van der Waals surface area contributed by atoms with Gasteiger partial charge in [0.15, 0.2) is 6.61 Å². The SMILES string of the molecule is C#CCOC(=O)c1ccc(C(=O)O)cc1C(=O)O. The van der Waals surface area contributed by atoms with Gasteiger partial charge in [0.2, 0.25) is 0 Å². The molecule has 0 amide bonds. The minimum Gasteiger partial charge on any atom is -0.478 e. The smallest absolute Gasteiger partial charge is 0.339 e. The Labute approximate surface area is 102 Å². The van der Waals surface area contributed by atoms with E-state index in [1.165, 1.54) is 0 Å². The number of benzene rings is 1. The molecule has 6 heteroatoms. The molecule has 92 valence electrons. The van der Waals surface area contributed by atoms with Crippen LogP contribution in [0.15, 0.2) is 18.2 Å². The van der Waals surface area contributed by atoms with Crippen molar-refractivity contribution in [3.63, 3.8) is 0 Å². The van der Waals surface area contributed by atoms with E-state index in [0.29, 0.717) is 0 Å². The molecule has 0 bridgehead atoms. The fourth-order valence-electron chi connectivity index (χ4n) is 1.22. The van der Waals surface area contributed by atoms with E-state index in [4.69, 9.17) is 16.6 Å². The normalized spacial score (nSPS) is 9.28. The second-order valence-electron chi connectivity index (χ2n) is 3.15. The van der Waals surface area contributed by atoms with Gasteiger partial charge < -0.3 is 14.9 Å². The molecule has 0 saturated carbocycles. The second-order valence-corrected chi connectivity index (χ2v) is 3.15. The first kappa shape index (κ1) is 13.3. The third-order valence-corrected chi connectivity index (χ3v) is 2.00. The van der Waals surface area contributed by atoms with Crippen LogP contribution in [-0.2, 0) is 4.74 Å². The number of rotatable bonds is 4. The molecule has 0 radical (unpaired) electrons. The van der Waals surface area contributed by atoms with Gasteiger partial charge in [-0.1, -0.05) is 5.92 Å². The van der Waals surface area contributed by atoms with Crippen LogP contribution in [-0.4, -0.2) is 34.7 Å². The van der Waals surface area contributed by atoms with Gasteiger partial charge in [-0.3, -0.25) is 0 Å². The lowest BCUT2D eigenvalue weighted by atomic mass is 10.0. The largest absolute Gasteiger partial charge is 0.478 e. The maximum Gasteiger partial charge on any atom is 0.339 e. The Morgan fingerprint density at radius 1 is 1.17 bits per heavy atom. The molecule has 1 aromatic carbocycles. The quantitative estimate of drug-likeness (QED) is 0.605. The zero-order valence-electron chi connectivity index (χ0n) is 9.04. The van der Waals surface area contributed by atoms with Crippen LogP contribution in [0.2, 0.25) is 0 Å². The van der Waals surface area contributed by atoms with E-state index >= 15 is 0 Å². The van der Waals surface area contributed by atoms with Crippen LogP contribution in [0.25, 0.3) is 0 Å². The number of carbonyl (C=O) groups is 3. The summed E-state index contributed by atoms with van der Waals surface area (Å²) >= 11 is 0. The van der Waals surface area contributed by atoms with Gasteiger partial charge in [0.05, 0.1) is 16.7 Å². The van der Waals surface area contributed by atoms with Crippen molar-refractivity contribution in [2.75, 3.05) is 6.61 Å². The number of hydrogen-bond donors (Lipinski definition) is 2. The van der Waals surface area contributed by atoms with Crippen LogP contribution in [0, 0.1) is 12.3 Å². The molecule has 0 heterocycles. The molecular formula is C12H8O6. The van der Waals surface area contributed by atoms with Crippen LogP contribution < -0.4 is 0 Å². The Morgan fingerprint density at radius 3 is 2.33 bits per heavy atom. The number of esters is 1. The number of carboxylic acid groups (broad SMARTS) is 2. The van der Waals surface area contributed by atoms with Crippen LogP contribution >= 0.6 is 0 Å². The fraction of sp³-hybridized carbons (Fsp3) is 0.0833. The van der Waals surface area contributed by atoms with Crippen LogP contribution in [0.5, 0.6) is 0 Å². The van der Waals surface area contributed by atoms with Crippen molar-refractivity contribution in [1.29, 1.82) is 0 Å². The summed E-state index contributed by atoms with van der Waals surface area (Å²) < 4.78 is 4.58. The summed E-state index contributed by atoms with van der Waals surface area (Å²) in [5.74, 6) is -1.57. The molecular weight excluding hydrogens is 240 g/mol. The molecule has 18 heavy (non-hydrogen) atoms. The highest BCUT2D eigenvalue weighted by Gasteiger charge is 2.19. The molecule has 2 N–H and O–H groups in total. The first-order valence-corrected chi connectivity index (χ1v) is 4.68. The summed E-state index contributed by atoms with van der Waals surface area (Å²) in [4.78, 5) is 33.1. The van der Waals surface area contributed by atoms with Gasteiger partial charge >= 0.3 is 17.9 Å². The summed E-state index contributed by atoms with van der Waals surface area (Å²) in [7, 11) is 0. The number of carboxylic acids is 2. The van der Waals surface area contributed by atoms with Gasteiger partial charge in [-0.25, -0.2) is 14.4 Å². The minimum atomic E-state index is -1.43. The summed E-state index contributed by atoms with van der Waals surface area (Å²) in [6.07, 6.45) is 4.90. The third kappa shape index (κ3) is 2.86. The zero-order chi connectivity index (χ0) is 13.7. The summed E-state index contributed by atoms with van der Waals surface area (Å²) in [5, 5.41) is 17.6. The molecule has 0 aliphatic heterocycles. The van der Waals surface area contributed by atoms with Crippen LogP contribution in [0.3, 0.4) is 0 Å². The average molecular weight is 248 g/mol. The highest BCUT2D eigenvalue weighted by Crippen LogP contribution is 2.14. The van der Waals surface area contributed by atoms with E-state index < -0.39 is 23.5 Å². The highest BCUT2D eigenvalue weighted by molar-refractivity contribution is 6.04. The first-order valence-electron chi connectivity index (χ1n) is 4.68. The number of terminal acetylenes is 1. The lowest BCUT2D eigenvalue weighted by Crippen LogP contribution is -2.13. The molecule has 0 saturated heterocycles. The molecule has 0 spiro atoms. The Bertz CT molecular complexity index is 552. The van der Waals surface area contributed by atoms with Crippen molar-refractivity contribution < 1.29 is 29.3 Å². The van der Waals surface area contributed by atoms with Crippen molar-refractivity contribution in [2.45, 2.75) is 0 Å². The second kappa shape index (κ2) is 5.50. The molecule has 1 aromatic rings. The van der Waals surface area contributed by atoms with E-state index in [9.17, 15) is 14.4 Å². The number of carbonyl (C=O) groups excluding carboxylic acids is 1. The monoisotopic (exact) mass is 248 g/mol. The Kier molecular flexibility index (Phi) is 4.05. The van der Waals surface area contributed by atoms with Crippen molar-refractivity contribution in [2.24, 2.45) is 0 Å². The van der Waals surface area contributed by atoms with Crippen LogP contribution in [0.4, 0.5) is 0 Å². The third-order valence-electron chi connectivity index (χ3n) is 2.00. The van der Waals surface area contributed by atoms with Gasteiger partial charge in [-0.15, -0.1) is 6.42 Å². The molecule has 6 nitrogen and oxygen atoms in total. The first-order chi connectivity index (χ1) is 8.47. The molecule has 0 aliphatic carbocycles. The summed E-state index contributed by atoms with van der Waals surface area (Å²) in [6, 6.07) is 3.07. The summed E-state index contributed by atoms with van der Waals surface area (Å²) in [5.41, 5.74) is -0.930. The van der Waals surface area contributed by atoms with Gasteiger partial charge in [-0.05, 0) is 18.2 Å². The topological polar surface area (TPSA) is 101 Å². The van der Waals surface area contributed by atoms with Crippen molar-refractivity contribution in [3.05, 3.63) is 34.9 Å². The van der Waals surface area contributed by atoms with E-state index in [-0.39, 0.29) is 17.7 Å². The van der Waals surface area contributed by atoms with Crippen molar-refractivity contribution >= 4 is 17.9 Å². The van der Waals surface area contributed by atoms with Gasteiger partial charge in [0, 0.05) is 0 Å². The van der Waals surface area contributed by atoms with E-state index in [2.05, 4.69) is 10.7 Å². The lowest BCUT2D eigenvalue weighted by Gasteiger charge is -2.06. The molecule has 0 fully saturated rings. The molecule has 0 unspecified atom stereocenters. The average Bonchev–Trinajstić information content (AvgIpc) is 2.34. The lowest BCUT2D eigenvalue weighted by molar-refractivity contribution is 0.0541. The van der Waals surface area contributed by atoms with Gasteiger partial charge in [0.1, 0.15) is 0 Å². The van der Waals surface area contributed by atoms with Crippen molar-refractivity contribution in [1.82, 2.24) is 0 Å². The Balaban J connectivity index is 3.20. The maximum atomic E-state index is 11.5. The van der Waals surface area contributed by atoms with Gasteiger partial charge in [-0.2, -0.15) is 0 Å². The summed E-state index contributed by atoms with van der Waals surface area (Å²) in [6.45, 7) is -0.293. The predicted octanol–water partition coefficient (Wildman–Crippen LogP) is 0.873. The fourth-order valence-corrected chi connectivity index (χ4v) is 1.22. The Morgan fingerprint density at radius 2 is 1.83 bits per heavy atom. The predicted molar refractivity (Wildman–Crippen MR) is 59.5 cm³/mol. The maximum absolute atomic E-state index is 11.5. The number of hydrogen-bond acceptors (Lipinski definition) is 4. The molecule has 0 atom stereocenters. The molecule has 1 rings (SSSR count). The number of aromatic carboxylic acids is 2. The standard InChI is InChI=1S/C12H8O6/c1-2-5-18-12(17)8-4-3-7(10(13)14)6-9(8)11(15)16/h1,3-4,6H,5H2,(H,13,14)(H,15,16). The van der Waals surface area contributed by atoms with Crippen molar-refractivity contribution in [3.8, 4) is 12.3 Å². The van der Waals surface area contributed by atoms with E-state index in [1.54, 1.807) is 0 Å². The molecule has 0 aromatic heterocycles. The highest BCUT2D eigenvalue weighted by atomic mass is 16.5. The Hall–Kier alpha value is -2.81. The zero-order valence-corrected chi connectivity index (χ0v) is 9.04. The molecule has 0 aliphatic rings. The number of ether oxygens (including phenoxy) is 1. The van der Waals surface area contributed by atoms with E-state index in [0.717, 1.165) is 18.2 Å².